The van der Waals surface area contributed by atoms with Crippen molar-refractivity contribution in [2.75, 3.05) is 39.9 Å². The molecule has 32 heavy (non-hydrogen) atoms. The van der Waals surface area contributed by atoms with Gasteiger partial charge in [-0.1, -0.05) is 0 Å². The molecule has 0 unspecified atom stereocenters. The van der Waals surface area contributed by atoms with Crippen molar-refractivity contribution in [1.29, 1.82) is 0 Å². The molecular weight excluding hydrogens is 500 g/mol. The highest BCUT2D eigenvalue weighted by Gasteiger charge is 2.40. The van der Waals surface area contributed by atoms with Crippen molar-refractivity contribution in [3.63, 3.8) is 0 Å². The van der Waals surface area contributed by atoms with E-state index in [9.17, 15) is 9.59 Å². The van der Waals surface area contributed by atoms with E-state index in [0.717, 1.165) is 0 Å². The van der Waals surface area contributed by atoms with Crippen LogP contribution in [0.5, 0.6) is 17.2 Å². The highest BCUT2D eigenvalue weighted by molar-refractivity contribution is 9.10. The quantitative estimate of drug-likeness (QED) is 0.311. The summed E-state index contributed by atoms with van der Waals surface area (Å²) in [4.78, 5) is 28.3. The first kappa shape index (κ1) is 23.6. The molecule has 1 aliphatic heterocycles. The van der Waals surface area contributed by atoms with E-state index >= 15 is 0 Å². The number of halogens is 1. The fraction of sp³-hybridized carbons (Fsp3) is 0.227. The summed E-state index contributed by atoms with van der Waals surface area (Å²) in [7, 11) is 5.89. The Hall–Kier alpha value is -3.11. The highest BCUT2D eigenvalue weighted by atomic mass is 79.9. The number of carbonyl (C=O) groups is 2. The lowest BCUT2D eigenvalue weighted by Crippen LogP contribution is -2.35. The molecule has 0 saturated carbocycles. The van der Waals surface area contributed by atoms with Crippen LogP contribution in [-0.2, 0) is 14.3 Å². The van der Waals surface area contributed by atoms with Crippen molar-refractivity contribution in [2.24, 2.45) is 0 Å². The second-order valence-corrected chi connectivity index (χ2v) is 7.76. The number of ether oxygens (including phenoxy) is 4. The Morgan fingerprint density at radius 3 is 2.25 bits per heavy atom. The minimum atomic E-state index is -0.537. The zero-order valence-electron chi connectivity index (χ0n) is 17.9. The number of hydrogen-bond donors (Lipinski definition) is 0. The average Bonchev–Trinajstić information content (AvgIpc) is 3.03. The Morgan fingerprint density at radius 1 is 1.03 bits per heavy atom. The molecule has 1 aliphatic rings. The summed E-state index contributed by atoms with van der Waals surface area (Å²) in [5.74, 6) is 0.769. The van der Waals surface area contributed by atoms with Gasteiger partial charge in [0.25, 0.3) is 5.91 Å². The molecule has 0 spiro atoms. The molecule has 0 bridgehead atoms. The Labute approximate surface area is 199 Å². The number of carbonyl (C=O) groups excluding carboxylic acids is 2. The van der Waals surface area contributed by atoms with E-state index < -0.39 is 11.9 Å². The molecule has 0 aromatic heterocycles. The Kier molecular flexibility index (Phi) is 7.37. The van der Waals surface area contributed by atoms with Crippen molar-refractivity contribution in [2.45, 2.75) is 0 Å². The Morgan fingerprint density at radius 2 is 1.69 bits per heavy atom. The zero-order valence-corrected chi connectivity index (χ0v) is 20.3. The smallest absolute Gasteiger partial charge is 0.325 e. The largest absolute Gasteiger partial charge is 0.497 e. The van der Waals surface area contributed by atoms with Crippen LogP contribution < -0.4 is 19.1 Å². The summed E-state index contributed by atoms with van der Waals surface area (Å²) in [6.45, 7) is -0.223. The molecule has 0 N–H and O–H groups in total. The van der Waals surface area contributed by atoms with Crippen molar-refractivity contribution in [1.82, 2.24) is 4.90 Å². The van der Waals surface area contributed by atoms with Crippen LogP contribution in [0, 0.1) is 0 Å². The third-order valence-electron chi connectivity index (χ3n) is 4.78. The summed E-state index contributed by atoms with van der Waals surface area (Å²) in [5.41, 5.74) is 1.34. The van der Waals surface area contributed by atoms with Gasteiger partial charge in [0.15, 0.2) is 5.11 Å². The predicted molar refractivity (Wildman–Crippen MR) is 127 cm³/mol. The number of benzene rings is 2. The van der Waals surface area contributed by atoms with E-state index in [-0.39, 0.29) is 17.4 Å². The van der Waals surface area contributed by atoms with E-state index in [1.165, 1.54) is 24.0 Å². The lowest BCUT2D eigenvalue weighted by atomic mass is 10.1. The number of amides is 1. The Bertz CT molecular complexity index is 1090. The van der Waals surface area contributed by atoms with Crippen LogP contribution in [0.3, 0.4) is 0 Å². The molecular formula is C22H21BrN2O6S. The SMILES string of the molecule is COC(=O)CN1C(=S)N(c2ccc(OC)cc2)C(=O)/C1=C/c1cc(Br)c(OC)cc1OC. The van der Waals surface area contributed by atoms with Crippen LogP contribution >= 0.6 is 28.1 Å². The minimum Gasteiger partial charge on any atom is -0.497 e. The molecule has 8 nitrogen and oxygen atoms in total. The van der Waals surface area contributed by atoms with Crippen LogP contribution in [0.15, 0.2) is 46.6 Å². The number of rotatable bonds is 7. The monoisotopic (exact) mass is 520 g/mol. The van der Waals surface area contributed by atoms with Crippen LogP contribution in [0.2, 0.25) is 0 Å². The summed E-state index contributed by atoms with van der Waals surface area (Å²) in [6.07, 6.45) is 1.62. The lowest BCUT2D eigenvalue weighted by molar-refractivity contribution is -0.140. The molecule has 1 fully saturated rings. The second-order valence-electron chi connectivity index (χ2n) is 6.54. The molecule has 168 valence electrons. The maximum atomic E-state index is 13.4. The number of esters is 1. The van der Waals surface area contributed by atoms with E-state index in [2.05, 4.69) is 15.9 Å². The summed E-state index contributed by atoms with van der Waals surface area (Å²) < 4.78 is 21.4. The van der Waals surface area contributed by atoms with E-state index in [0.29, 0.717) is 33.0 Å². The third-order valence-corrected chi connectivity index (χ3v) is 5.80. The van der Waals surface area contributed by atoms with Gasteiger partial charge in [0.2, 0.25) is 0 Å². The van der Waals surface area contributed by atoms with Crippen molar-refractivity contribution >= 4 is 56.9 Å². The summed E-state index contributed by atoms with van der Waals surface area (Å²) >= 11 is 9.00. The standard InChI is InChI=1S/C22H21BrN2O6S/c1-28-15-7-5-14(6-8-15)25-21(27)17(24(22(25)32)12-20(26)31-4)10-13-9-16(23)19(30-3)11-18(13)29-2/h5-11H,12H2,1-4H3/b17-10-. The van der Waals surface area contributed by atoms with Crippen LogP contribution in [0.25, 0.3) is 6.08 Å². The van der Waals surface area contributed by atoms with Gasteiger partial charge in [-0.25, -0.2) is 0 Å². The number of anilines is 1. The fourth-order valence-corrected chi connectivity index (χ4v) is 4.00. The maximum Gasteiger partial charge on any atom is 0.325 e. The molecule has 1 amide bonds. The van der Waals surface area contributed by atoms with E-state index in [4.69, 9.17) is 31.2 Å². The van der Waals surface area contributed by atoms with Gasteiger partial charge >= 0.3 is 5.97 Å². The second kappa shape index (κ2) is 10.0. The predicted octanol–water partition coefficient (Wildman–Crippen LogP) is 3.62. The molecule has 0 radical (unpaired) electrons. The van der Waals surface area contributed by atoms with Gasteiger partial charge < -0.3 is 23.8 Å². The molecule has 1 saturated heterocycles. The molecule has 0 aliphatic carbocycles. The van der Waals surface area contributed by atoms with Gasteiger partial charge in [-0.3, -0.25) is 14.5 Å². The molecule has 3 rings (SSSR count). The molecule has 2 aromatic carbocycles. The molecule has 0 atom stereocenters. The average molecular weight is 521 g/mol. The van der Waals surface area contributed by atoms with Crippen LogP contribution in [-0.4, -0.2) is 56.9 Å². The molecule has 2 aromatic rings. The van der Waals surface area contributed by atoms with Gasteiger partial charge in [-0.15, -0.1) is 0 Å². The first-order valence-electron chi connectivity index (χ1n) is 9.34. The third kappa shape index (κ3) is 4.56. The summed E-state index contributed by atoms with van der Waals surface area (Å²) in [5, 5.41) is 0.156. The van der Waals surface area contributed by atoms with Crippen molar-refractivity contribution in [3.05, 3.63) is 52.1 Å². The number of thiocarbonyl (C=S) groups is 1. The van der Waals surface area contributed by atoms with Gasteiger partial charge in [0, 0.05) is 11.6 Å². The zero-order chi connectivity index (χ0) is 23.4. The van der Waals surface area contributed by atoms with Gasteiger partial charge in [-0.05, 0) is 64.6 Å². The van der Waals surface area contributed by atoms with Gasteiger partial charge in [-0.2, -0.15) is 0 Å². The van der Waals surface area contributed by atoms with E-state index in [1.807, 2.05) is 0 Å². The summed E-state index contributed by atoms with van der Waals surface area (Å²) in [6, 6.07) is 10.3. The highest BCUT2D eigenvalue weighted by Crippen LogP contribution is 2.36. The van der Waals surface area contributed by atoms with Gasteiger partial charge in [0.1, 0.15) is 29.5 Å². The normalized spacial score (nSPS) is 14.7. The number of methoxy groups -OCH3 is 4. The van der Waals surface area contributed by atoms with Crippen molar-refractivity contribution < 1.29 is 28.5 Å². The topological polar surface area (TPSA) is 77.5 Å². The molecule has 10 heteroatoms. The van der Waals surface area contributed by atoms with E-state index in [1.54, 1.807) is 56.7 Å². The van der Waals surface area contributed by atoms with Gasteiger partial charge in [0.05, 0.1) is 38.6 Å². The first-order valence-corrected chi connectivity index (χ1v) is 10.5. The molecule has 1 heterocycles. The minimum absolute atomic E-state index is 0.156. The van der Waals surface area contributed by atoms with Crippen LogP contribution in [0.1, 0.15) is 5.56 Å². The number of hydrogen-bond acceptors (Lipinski definition) is 7. The first-order chi connectivity index (χ1) is 15.3. The number of nitrogens with zero attached hydrogens (tertiary/aromatic N) is 2. The fourth-order valence-electron chi connectivity index (χ4n) is 3.13. The van der Waals surface area contributed by atoms with Crippen LogP contribution in [0.4, 0.5) is 5.69 Å². The lowest BCUT2D eigenvalue weighted by Gasteiger charge is -2.19. The maximum absolute atomic E-state index is 13.4. The van der Waals surface area contributed by atoms with Crippen molar-refractivity contribution in [3.8, 4) is 17.2 Å². The Balaban J connectivity index is 2.10.